The first-order valence-electron chi connectivity index (χ1n) is 16.8. The van der Waals surface area contributed by atoms with E-state index in [2.05, 4.69) is 169 Å². The van der Waals surface area contributed by atoms with Gasteiger partial charge in [0.1, 0.15) is 0 Å². The van der Waals surface area contributed by atoms with Crippen LogP contribution < -0.4 is 10.4 Å². The molecule has 1 aliphatic heterocycles. The summed E-state index contributed by atoms with van der Waals surface area (Å²) in [7, 11) is -2.35. The molecule has 0 unspecified atom stereocenters. The third kappa shape index (κ3) is 3.81. The van der Waals surface area contributed by atoms with Gasteiger partial charge in [-0.25, -0.2) is 0 Å². The number of nitrogens with zero attached hydrogens (tertiary/aromatic N) is 3. The van der Waals surface area contributed by atoms with E-state index in [0.29, 0.717) is 5.95 Å². The van der Waals surface area contributed by atoms with Crippen molar-refractivity contribution in [3.8, 4) is 39.5 Å². The van der Waals surface area contributed by atoms with Crippen molar-refractivity contribution in [2.24, 2.45) is 0 Å². The Morgan fingerprint density at radius 2 is 1.23 bits per heavy atom. The van der Waals surface area contributed by atoms with Crippen LogP contribution in [0.3, 0.4) is 0 Å². The van der Waals surface area contributed by atoms with Gasteiger partial charge in [0.2, 0.25) is 0 Å². The van der Waals surface area contributed by atoms with Crippen LogP contribution in [0.2, 0.25) is 13.1 Å². The molecule has 228 valence electrons. The third-order valence-corrected chi connectivity index (χ3v) is 14.7. The molecule has 9 aromatic rings. The van der Waals surface area contributed by atoms with Gasteiger partial charge in [0.15, 0.2) is 0 Å². The standard InChI is InChI=1S/C44H32N3Si/c1-48(2)39-26-25-38-40(41(39)35-24-23-29-15-6-7-18-32(29)43(35)48)34-20-9-11-22-37(34)47(38)44-45-36-21-10-8-19-33(36)42(46-44)31-17-12-16-30(27-31)28-13-4-3-5-14-28/h3-27,48H,1-2H3/q-1. The molecule has 0 aliphatic carbocycles. The summed E-state index contributed by atoms with van der Waals surface area (Å²) < 4.78 is 2.29. The predicted molar refractivity (Wildman–Crippen MR) is 206 cm³/mol. The van der Waals surface area contributed by atoms with Gasteiger partial charge in [0.05, 0.1) is 0 Å². The Bertz CT molecular complexity index is 2760. The third-order valence-electron chi connectivity index (χ3n) is 10.6. The van der Waals surface area contributed by atoms with Crippen molar-refractivity contribution >= 4 is 61.9 Å². The molecular weight excluding hydrogens is 599 g/mol. The molecule has 0 atom stereocenters. The fraction of sp³-hybridized carbons (Fsp3) is 0.0455. The van der Waals surface area contributed by atoms with E-state index >= 15 is 0 Å². The quantitative estimate of drug-likeness (QED) is 0.182. The first-order chi connectivity index (χ1) is 23.6. The zero-order valence-electron chi connectivity index (χ0n) is 26.9. The van der Waals surface area contributed by atoms with E-state index in [-0.39, 0.29) is 0 Å². The van der Waals surface area contributed by atoms with Crippen LogP contribution in [0.1, 0.15) is 0 Å². The summed E-state index contributed by atoms with van der Waals surface area (Å²) in [6.07, 6.45) is 0. The molecule has 10 rings (SSSR count). The van der Waals surface area contributed by atoms with Crippen LogP contribution in [0.15, 0.2) is 152 Å². The maximum absolute atomic E-state index is 5.42. The molecule has 0 bridgehead atoms. The number of para-hydroxylation sites is 2. The summed E-state index contributed by atoms with van der Waals surface area (Å²) >= 11 is 0. The van der Waals surface area contributed by atoms with Crippen LogP contribution in [0, 0.1) is 0 Å². The summed E-state index contributed by atoms with van der Waals surface area (Å²) in [5, 5.41) is 9.41. The van der Waals surface area contributed by atoms with E-state index in [4.69, 9.17) is 9.97 Å². The summed E-state index contributed by atoms with van der Waals surface area (Å²) in [5.41, 5.74) is 10.4. The van der Waals surface area contributed by atoms with Crippen molar-refractivity contribution in [2.45, 2.75) is 13.1 Å². The Labute approximate surface area is 279 Å². The first-order valence-corrected chi connectivity index (χ1v) is 20.3. The summed E-state index contributed by atoms with van der Waals surface area (Å²) in [4.78, 5) is 10.7. The molecule has 0 radical (unpaired) electrons. The number of fused-ring (bicyclic) bond motifs is 10. The summed E-state index contributed by atoms with van der Waals surface area (Å²) in [6, 6.07) is 54.8. The number of benzene rings is 7. The van der Waals surface area contributed by atoms with Crippen LogP contribution >= 0.6 is 0 Å². The van der Waals surface area contributed by atoms with Gasteiger partial charge in [-0.2, -0.15) is 0 Å². The van der Waals surface area contributed by atoms with E-state index < -0.39 is 8.07 Å². The van der Waals surface area contributed by atoms with Crippen LogP contribution in [-0.4, -0.2) is 22.6 Å². The van der Waals surface area contributed by atoms with Crippen LogP contribution in [0.5, 0.6) is 0 Å². The molecule has 7 aromatic carbocycles. The van der Waals surface area contributed by atoms with Crippen molar-refractivity contribution in [1.82, 2.24) is 14.5 Å². The molecule has 4 heteroatoms. The Morgan fingerprint density at radius 1 is 0.521 bits per heavy atom. The summed E-state index contributed by atoms with van der Waals surface area (Å²) in [5.74, 6) is 0.690. The molecule has 0 spiro atoms. The normalized spacial score (nSPS) is 14.0. The minimum absolute atomic E-state index is 0.690. The topological polar surface area (TPSA) is 30.7 Å². The van der Waals surface area contributed by atoms with Gasteiger partial charge >= 0.3 is 250 Å². The zero-order valence-corrected chi connectivity index (χ0v) is 28.0. The molecule has 0 saturated heterocycles. The van der Waals surface area contributed by atoms with Gasteiger partial charge in [0, 0.05) is 0 Å². The van der Waals surface area contributed by atoms with E-state index in [9.17, 15) is 0 Å². The van der Waals surface area contributed by atoms with Gasteiger partial charge in [-0.1, -0.05) is 30.3 Å². The number of aromatic nitrogens is 3. The van der Waals surface area contributed by atoms with Crippen molar-refractivity contribution in [2.75, 3.05) is 0 Å². The Morgan fingerprint density at radius 3 is 2.10 bits per heavy atom. The molecule has 3 nitrogen and oxygen atoms in total. The fourth-order valence-electron chi connectivity index (χ4n) is 8.49. The van der Waals surface area contributed by atoms with Crippen molar-refractivity contribution in [3.05, 3.63) is 152 Å². The average molecular weight is 631 g/mol. The Kier molecular flexibility index (Phi) is 5.73. The van der Waals surface area contributed by atoms with Gasteiger partial charge in [-0.05, 0) is 0 Å². The van der Waals surface area contributed by atoms with Gasteiger partial charge < -0.3 is 0 Å². The molecule has 0 amide bonds. The monoisotopic (exact) mass is 630 g/mol. The molecule has 48 heavy (non-hydrogen) atoms. The zero-order chi connectivity index (χ0) is 32.0. The number of rotatable bonds is 3. The summed E-state index contributed by atoms with van der Waals surface area (Å²) in [6.45, 7) is 5.08. The predicted octanol–water partition coefficient (Wildman–Crippen LogP) is 9.75. The minimum atomic E-state index is -2.35. The van der Waals surface area contributed by atoms with Gasteiger partial charge in [-0.15, -0.1) is 0 Å². The fourth-order valence-corrected chi connectivity index (χ4v) is 12.5. The second-order valence-electron chi connectivity index (χ2n) is 13.7. The van der Waals surface area contributed by atoms with Gasteiger partial charge in [-0.3, -0.25) is 0 Å². The van der Waals surface area contributed by atoms with Crippen LogP contribution in [0.25, 0.3) is 82.9 Å². The van der Waals surface area contributed by atoms with Crippen molar-refractivity contribution < 1.29 is 0 Å². The van der Waals surface area contributed by atoms with E-state index in [0.717, 1.165) is 33.2 Å². The molecule has 0 N–H and O–H groups in total. The average Bonchev–Trinajstić information content (AvgIpc) is 3.60. The second-order valence-corrected chi connectivity index (χ2v) is 18.7. The van der Waals surface area contributed by atoms with Crippen molar-refractivity contribution in [1.29, 1.82) is 0 Å². The van der Waals surface area contributed by atoms with E-state index in [1.54, 1.807) is 5.19 Å². The molecule has 2 aromatic heterocycles. The molecule has 0 saturated carbocycles. The number of hydrogen-bond donors (Lipinski definition) is 0. The van der Waals surface area contributed by atoms with E-state index in [1.165, 1.54) is 49.0 Å². The van der Waals surface area contributed by atoms with Crippen LogP contribution in [-0.2, 0) is 0 Å². The molecule has 1 aliphatic rings. The van der Waals surface area contributed by atoms with Gasteiger partial charge in [0.25, 0.3) is 0 Å². The Hall–Kier alpha value is -5.84. The number of hydrogen-bond acceptors (Lipinski definition) is 2. The molecule has 3 heterocycles. The SMILES string of the molecule is C[SiH-]1(C)c2ccc3c(c2-c2ccc4ccccc4c21)c1ccccc1n3-c1nc(-c2cccc(-c3ccccc3)c2)c2ccccc2n1. The van der Waals surface area contributed by atoms with Crippen molar-refractivity contribution in [3.63, 3.8) is 0 Å². The van der Waals surface area contributed by atoms with E-state index in [1.807, 2.05) is 0 Å². The maximum atomic E-state index is 5.42. The van der Waals surface area contributed by atoms with Crippen LogP contribution in [0.4, 0.5) is 0 Å². The molecular formula is C44H32N3Si-. The Balaban J connectivity index is 1.27. The first kappa shape index (κ1) is 27.3. The molecule has 0 fully saturated rings. The second kappa shape index (κ2) is 10.1.